The molecule has 0 aliphatic heterocycles. The molecular formula is C14H15F2NO4. The van der Waals surface area contributed by atoms with Crippen molar-refractivity contribution in [2.24, 2.45) is 17.3 Å². The summed E-state index contributed by atoms with van der Waals surface area (Å²) in [6.07, 6.45) is 0. The van der Waals surface area contributed by atoms with E-state index in [0.717, 1.165) is 19.2 Å². The number of hydrogen-bond donors (Lipinski definition) is 2. The van der Waals surface area contributed by atoms with E-state index in [9.17, 15) is 18.4 Å². The minimum absolute atomic E-state index is 0.0809. The van der Waals surface area contributed by atoms with Crippen molar-refractivity contribution in [2.75, 3.05) is 12.4 Å². The van der Waals surface area contributed by atoms with Crippen LogP contribution in [0.4, 0.5) is 14.5 Å². The summed E-state index contributed by atoms with van der Waals surface area (Å²) in [5, 5.41) is 11.4. The van der Waals surface area contributed by atoms with Crippen LogP contribution in [0.15, 0.2) is 12.1 Å². The zero-order valence-electron chi connectivity index (χ0n) is 11.7. The monoisotopic (exact) mass is 299 g/mol. The molecule has 0 heterocycles. The second kappa shape index (κ2) is 4.98. The van der Waals surface area contributed by atoms with Crippen LogP contribution in [-0.2, 0) is 9.59 Å². The maximum Gasteiger partial charge on any atom is 0.307 e. The average Bonchev–Trinajstić information content (AvgIpc) is 2.92. The lowest BCUT2D eigenvalue weighted by atomic mass is 10.1. The Morgan fingerprint density at radius 2 is 1.76 bits per heavy atom. The minimum atomic E-state index is -1.06. The molecule has 1 saturated carbocycles. The number of aliphatic carboxylic acids is 1. The van der Waals surface area contributed by atoms with E-state index < -0.39 is 46.5 Å². The van der Waals surface area contributed by atoms with Crippen molar-refractivity contribution in [3.63, 3.8) is 0 Å². The molecule has 0 aromatic heterocycles. The highest BCUT2D eigenvalue weighted by Crippen LogP contribution is 2.58. The van der Waals surface area contributed by atoms with E-state index in [-0.39, 0.29) is 5.69 Å². The second-order valence-corrected chi connectivity index (χ2v) is 5.58. The fourth-order valence-electron chi connectivity index (χ4n) is 2.64. The summed E-state index contributed by atoms with van der Waals surface area (Å²) in [6, 6.07) is 1.84. The molecule has 1 aromatic carbocycles. The highest BCUT2D eigenvalue weighted by molar-refractivity contribution is 5.99. The Balaban J connectivity index is 2.17. The van der Waals surface area contributed by atoms with Crippen molar-refractivity contribution in [1.82, 2.24) is 0 Å². The van der Waals surface area contributed by atoms with Crippen molar-refractivity contribution < 1.29 is 28.2 Å². The van der Waals surface area contributed by atoms with Gasteiger partial charge in [0.2, 0.25) is 5.91 Å². The van der Waals surface area contributed by atoms with Crippen LogP contribution in [0.3, 0.4) is 0 Å². The Morgan fingerprint density at radius 3 is 2.14 bits per heavy atom. The third-order valence-corrected chi connectivity index (χ3v) is 3.85. The normalized spacial score (nSPS) is 22.5. The van der Waals surface area contributed by atoms with Gasteiger partial charge in [-0.05, 0) is 5.41 Å². The summed E-state index contributed by atoms with van der Waals surface area (Å²) in [7, 11) is 1.13. The molecule has 7 heteroatoms. The van der Waals surface area contributed by atoms with Crippen molar-refractivity contribution >= 4 is 17.6 Å². The van der Waals surface area contributed by atoms with Gasteiger partial charge in [-0.3, -0.25) is 9.59 Å². The molecule has 1 fully saturated rings. The molecule has 0 saturated heterocycles. The molecule has 1 aromatic rings. The first kappa shape index (κ1) is 15.2. The molecule has 0 unspecified atom stereocenters. The summed E-state index contributed by atoms with van der Waals surface area (Å²) in [6.45, 7) is 3.32. The Kier molecular flexibility index (Phi) is 3.61. The first-order chi connectivity index (χ1) is 9.70. The number of carbonyl (C=O) groups excluding carboxylic acids is 1. The first-order valence-electron chi connectivity index (χ1n) is 6.26. The fraction of sp³-hybridized carbons (Fsp3) is 0.429. The van der Waals surface area contributed by atoms with Crippen molar-refractivity contribution in [3.8, 4) is 5.75 Å². The van der Waals surface area contributed by atoms with E-state index in [4.69, 9.17) is 5.11 Å². The molecule has 21 heavy (non-hydrogen) atoms. The summed E-state index contributed by atoms with van der Waals surface area (Å²) in [5.74, 6) is -5.60. The Bertz CT molecular complexity index is 592. The average molecular weight is 299 g/mol. The second-order valence-electron chi connectivity index (χ2n) is 5.58. The van der Waals surface area contributed by atoms with Crippen LogP contribution in [0.2, 0.25) is 0 Å². The Hall–Kier alpha value is -2.18. The van der Waals surface area contributed by atoms with Crippen LogP contribution < -0.4 is 10.1 Å². The number of benzene rings is 1. The molecule has 0 spiro atoms. The van der Waals surface area contributed by atoms with Crippen LogP contribution in [0.1, 0.15) is 13.8 Å². The number of methoxy groups -OCH3 is 1. The molecule has 114 valence electrons. The maximum atomic E-state index is 13.5. The van der Waals surface area contributed by atoms with Crippen molar-refractivity contribution in [1.29, 1.82) is 0 Å². The molecule has 0 radical (unpaired) electrons. The number of amides is 1. The number of carboxylic acid groups (broad SMARTS) is 1. The zero-order chi connectivity index (χ0) is 15.9. The summed E-state index contributed by atoms with van der Waals surface area (Å²) >= 11 is 0. The summed E-state index contributed by atoms with van der Waals surface area (Å²) < 4.78 is 31.6. The highest BCUT2D eigenvalue weighted by Gasteiger charge is 2.65. The maximum absolute atomic E-state index is 13.5. The van der Waals surface area contributed by atoms with Crippen molar-refractivity contribution in [3.05, 3.63) is 23.8 Å². The number of carbonyl (C=O) groups is 2. The predicted molar refractivity (Wildman–Crippen MR) is 69.9 cm³/mol. The largest absolute Gasteiger partial charge is 0.491 e. The number of halogens is 2. The number of nitrogens with one attached hydrogen (secondary N) is 1. The SMILES string of the molecule is COc1c(F)cc(NC(=O)[C@@H]2[C@H](C(=O)O)C2(C)C)cc1F. The first-order valence-corrected chi connectivity index (χ1v) is 6.26. The number of ether oxygens (including phenoxy) is 1. The van der Waals surface area contributed by atoms with Gasteiger partial charge < -0.3 is 15.2 Å². The molecule has 0 bridgehead atoms. The predicted octanol–water partition coefficient (Wildman–Crippen LogP) is 2.27. The zero-order valence-corrected chi connectivity index (χ0v) is 11.7. The van der Waals surface area contributed by atoms with Crippen LogP contribution >= 0.6 is 0 Å². The molecule has 2 rings (SSSR count). The van der Waals surface area contributed by atoms with Crippen LogP contribution in [0, 0.1) is 28.9 Å². The van der Waals surface area contributed by atoms with Gasteiger partial charge in [0.1, 0.15) is 0 Å². The van der Waals surface area contributed by atoms with Gasteiger partial charge in [-0.25, -0.2) is 8.78 Å². The summed E-state index contributed by atoms with van der Waals surface area (Å²) in [5.41, 5.74) is -0.762. The third-order valence-electron chi connectivity index (χ3n) is 3.85. The Morgan fingerprint density at radius 1 is 1.24 bits per heavy atom. The van der Waals surface area contributed by atoms with Crippen LogP contribution in [0.25, 0.3) is 0 Å². The van der Waals surface area contributed by atoms with E-state index in [0.29, 0.717) is 0 Å². The number of anilines is 1. The molecule has 1 aliphatic carbocycles. The van der Waals surface area contributed by atoms with E-state index in [2.05, 4.69) is 10.1 Å². The molecule has 2 N–H and O–H groups in total. The summed E-state index contributed by atoms with van der Waals surface area (Å²) in [4.78, 5) is 23.1. The van der Waals surface area contributed by atoms with E-state index in [1.165, 1.54) is 0 Å². The third kappa shape index (κ3) is 2.55. The minimum Gasteiger partial charge on any atom is -0.491 e. The smallest absolute Gasteiger partial charge is 0.307 e. The Labute approximate surface area is 119 Å². The molecule has 5 nitrogen and oxygen atoms in total. The van der Waals surface area contributed by atoms with Gasteiger partial charge in [0.05, 0.1) is 18.9 Å². The van der Waals surface area contributed by atoms with Gasteiger partial charge in [0.15, 0.2) is 17.4 Å². The van der Waals surface area contributed by atoms with Gasteiger partial charge in [-0.1, -0.05) is 13.8 Å². The molecular weight excluding hydrogens is 284 g/mol. The highest BCUT2D eigenvalue weighted by atomic mass is 19.1. The lowest BCUT2D eigenvalue weighted by molar-refractivity contribution is -0.140. The van der Waals surface area contributed by atoms with E-state index in [1.807, 2.05) is 0 Å². The fourth-order valence-corrected chi connectivity index (χ4v) is 2.64. The van der Waals surface area contributed by atoms with Crippen LogP contribution in [0.5, 0.6) is 5.75 Å². The standard InChI is InChI=1S/C14H15F2NO4/c1-14(2)9(10(14)13(19)20)12(18)17-6-4-7(15)11(21-3)8(16)5-6/h4-5,9-10H,1-3H3,(H,17,18)(H,19,20)/t9-,10+/m0/s1. The lowest BCUT2D eigenvalue weighted by Gasteiger charge is -2.09. The number of rotatable bonds is 4. The van der Waals surface area contributed by atoms with Gasteiger partial charge in [-0.2, -0.15) is 0 Å². The molecule has 2 atom stereocenters. The van der Waals surface area contributed by atoms with Gasteiger partial charge >= 0.3 is 5.97 Å². The van der Waals surface area contributed by atoms with Crippen LogP contribution in [-0.4, -0.2) is 24.1 Å². The topological polar surface area (TPSA) is 75.6 Å². The van der Waals surface area contributed by atoms with E-state index in [1.54, 1.807) is 13.8 Å². The van der Waals surface area contributed by atoms with Crippen molar-refractivity contribution in [2.45, 2.75) is 13.8 Å². The van der Waals surface area contributed by atoms with Gasteiger partial charge in [0.25, 0.3) is 0 Å². The van der Waals surface area contributed by atoms with Gasteiger partial charge in [-0.15, -0.1) is 0 Å². The lowest BCUT2D eigenvalue weighted by Crippen LogP contribution is -2.18. The van der Waals surface area contributed by atoms with E-state index >= 15 is 0 Å². The number of carboxylic acids is 1. The van der Waals surface area contributed by atoms with Gasteiger partial charge in [0, 0.05) is 17.8 Å². The quantitative estimate of drug-likeness (QED) is 0.894. The molecule has 1 amide bonds. The number of hydrogen-bond acceptors (Lipinski definition) is 3. The molecule has 1 aliphatic rings.